The third-order valence-corrected chi connectivity index (χ3v) is 0. The van der Waals surface area contributed by atoms with Crippen molar-refractivity contribution in [2.24, 2.45) is 0 Å². The maximum absolute atomic E-state index is 0. The van der Waals surface area contributed by atoms with Gasteiger partial charge in [0.2, 0.25) is 0 Å². The van der Waals surface area contributed by atoms with Crippen LogP contribution in [0.3, 0.4) is 0 Å². The van der Waals surface area contributed by atoms with Gasteiger partial charge in [0.25, 0.3) is 0 Å². The van der Waals surface area contributed by atoms with E-state index in [1.54, 1.807) is 0 Å². The molecule has 0 aromatic carbocycles. The van der Waals surface area contributed by atoms with Gasteiger partial charge in [0, 0.05) is 23.9 Å². The molecule has 0 aliphatic carbocycles. The molecule has 1 nitrogen and oxygen atoms in total. The summed E-state index contributed by atoms with van der Waals surface area (Å²) in [6, 6.07) is 0. The monoisotopic (exact) mass is 186 g/mol. The zero-order chi connectivity index (χ0) is 0. The first-order chi connectivity index (χ1) is 0. The van der Waals surface area contributed by atoms with Gasteiger partial charge < -0.3 is 5.48 Å². The van der Waals surface area contributed by atoms with Gasteiger partial charge >= 0.3 is 0 Å². The molecule has 0 aromatic rings. The molecule has 0 bridgehead atoms. The van der Waals surface area contributed by atoms with Crippen LogP contribution in [-0.4, -0.2) is 29.4 Å². The number of hydrogen-bond acceptors (Lipinski definition) is 0. The zero-order valence-electron chi connectivity index (χ0n) is 1.00. The van der Waals surface area contributed by atoms with Crippen LogP contribution >= 0.6 is 0 Å². The summed E-state index contributed by atoms with van der Waals surface area (Å²) in [4.78, 5) is 0. The molecule has 36 valence electrons. The normalized spacial score (nSPS) is 0. The van der Waals surface area contributed by atoms with Crippen molar-refractivity contribution in [1.29, 1.82) is 0 Å². The SMILES string of the molecule is C.C.C.O.[Sn]. The third kappa shape index (κ3) is 62.9. The standard InChI is InChI=1S/3CH4.H2O.Sn/h3*1H4;1H2;. The minimum absolute atomic E-state index is 0. The van der Waals surface area contributed by atoms with Crippen molar-refractivity contribution < 1.29 is 5.48 Å². The predicted octanol–water partition coefficient (Wildman–Crippen LogP) is 0.703. The number of hydrogen-bond donors (Lipinski definition) is 0. The topological polar surface area (TPSA) is 31.5 Å². The summed E-state index contributed by atoms with van der Waals surface area (Å²) < 4.78 is 0. The molecular formula is C3H14OSn. The molecule has 0 aliphatic heterocycles. The predicted molar refractivity (Wildman–Crippen MR) is 29.6 cm³/mol. The molecule has 4 radical (unpaired) electrons. The van der Waals surface area contributed by atoms with Crippen molar-refractivity contribution in [1.82, 2.24) is 0 Å². The minimum Gasteiger partial charge on any atom is -0.412 e. The second kappa shape index (κ2) is 117. The molecule has 0 saturated carbocycles. The van der Waals surface area contributed by atoms with Crippen molar-refractivity contribution in [2.45, 2.75) is 22.3 Å². The summed E-state index contributed by atoms with van der Waals surface area (Å²) in [6.07, 6.45) is 0. The molecule has 5 heavy (non-hydrogen) atoms. The van der Waals surface area contributed by atoms with E-state index < -0.39 is 0 Å². The van der Waals surface area contributed by atoms with Crippen LogP contribution in [0.15, 0.2) is 0 Å². The van der Waals surface area contributed by atoms with Crippen LogP contribution in [0.25, 0.3) is 0 Å². The van der Waals surface area contributed by atoms with Gasteiger partial charge in [-0.25, -0.2) is 0 Å². The van der Waals surface area contributed by atoms with Gasteiger partial charge in [-0.3, -0.25) is 0 Å². The van der Waals surface area contributed by atoms with Crippen LogP contribution in [0.5, 0.6) is 0 Å². The maximum Gasteiger partial charge on any atom is 0 e. The Morgan fingerprint density at radius 2 is 0.600 bits per heavy atom. The van der Waals surface area contributed by atoms with Crippen molar-refractivity contribution in [2.75, 3.05) is 0 Å². The van der Waals surface area contributed by atoms with E-state index in [0.29, 0.717) is 0 Å². The van der Waals surface area contributed by atoms with E-state index in [4.69, 9.17) is 0 Å². The molecule has 2 N–H and O–H groups in total. The fourth-order valence-electron chi connectivity index (χ4n) is 0. The van der Waals surface area contributed by atoms with Crippen molar-refractivity contribution in [3.05, 3.63) is 0 Å². The van der Waals surface area contributed by atoms with E-state index in [1.165, 1.54) is 0 Å². The maximum atomic E-state index is 0. The molecule has 0 saturated heterocycles. The molecule has 0 aliphatic rings. The van der Waals surface area contributed by atoms with Crippen molar-refractivity contribution >= 4 is 23.9 Å². The van der Waals surface area contributed by atoms with Crippen LogP contribution in [0.1, 0.15) is 22.3 Å². The van der Waals surface area contributed by atoms with E-state index in [1.807, 2.05) is 0 Å². The van der Waals surface area contributed by atoms with Crippen molar-refractivity contribution in [3.63, 3.8) is 0 Å². The molecule has 2 heteroatoms. The first kappa shape index (κ1) is 227. The first-order valence-electron chi connectivity index (χ1n) is 0. The quantitative estimate of drug-likeness (QED) is 0.497. The van der Waals surface area contributed by atoms with E-state index in [9.17, 15) is 0 Å². The van der Waals surface area contributed by atoms with Gasteiger partial charge in [-0.1, -0.05) is 22.3 Å². The van der Waals surface area contributed by atoms with Crippen molar-refractivity contribution in [3.8, 4) is 0 Å². The molecule has 0 atom stereocenters. The van der Waals surface area contributed by atoms with Crippen LogP contribution in [0.4, 0.5) is 0 Å². The Hall–Kier alpha value is 0.759. The van der Waals surface area contributed by atoms with Crippen LogP contribution in [0.2, 0.25) is 0 Å². The van der Waals surface area contributed by atoms with Gasteiger partial charge in [-0.2, -0.15) is 0 Å². The van der Waals surface area contributed by atoms with Crippen LogP contribution in [0, 0.1) is 0 Å². The Balaban J connectivity index is 0. The van der Waals surface area contributed by atoms with E-state index >= 15 is 0 Å². The smallest absolute Gasteiger partial charge is 0 e. The Bertz CT molecular complexity index is 6.85. The van der Waals surface area contributed by atoms with Crippen LogP contribution in [-0.2, 0) is 0 Å². The summed E-state index contributed by atoms with van der Waals surface area (Å²) in [5, 5.41) is 0. The van der Waals surface area contributed by atoms with E-state index in [-0.39, 0.29) is 51.7 Å². The molecule has 0 aromatic heterocycles. The van der Waals surface area contributed by atoms with Gasteiger partial charge in [0.05, 0.1) is 0 Å². The molecule has 0 spiro atoms. The second-order valence-electron chi connectivity index (χ2n) is 0. The summed E-state index contributed by atoms with van der Waals surface area (Å²) >= 11 is 0. The average molecular weight is 185 g/mol. The second-order valence-corrected chi connectivity index (χ2v) is 0. The van der Waals surface area contributed by atoms with Gasteiger partial charge in [-0.15, -0.1) is 0 Å². The average Bonchev–Trinajstić information content (AvgIpc) is 0. The summed E-state index contributed by atoms with van der Waals surface area (Å²) in [5.41, 5.74) is 0. The summed E-state index contributed by atoms with van der Waals surface area (Å²) in [5.74, 6) is 0. The minimum atomic E-state index is 0. The zero-order valence-corrected chi connectivity index (χ0v) is 3.85. The molecule has 0 fully saturated rings. The molecular weight excluding hydrogens is 171 g/mol. The Morgan fingerprint density at radius 3 is 0.600 bits per heavy atom. The fourth-order valence-corrected chi connectivity index (χ4v) is 0. The fraction of sp³-hybridized carbons (Fsp3) is 1.00. The Morgan fingerprint density at radius 1 is 0.600 bits per heavy atom. The van der Waals surface area contributed by atoms with E-state index in [0.717, 1.165) is 0 Å². The summed E-state index contributed by atoms with van der Waals surface area (Å²) in [6.45, 7) is 0. The van der Waals surface area contributed by atoms with Gasteiger partial charge in [0.15, 0.2) is 0 Å². The Labute approximate surface area is 52.0 Å². The van der Waals surface area contributed by atoms with Gasteiger partial charge in [0.1, 0.15) is 0 Å². The third-order valence-electron chi connectivity index (χ3n) is 0. The molecule has 0 amide bonds. The molecule has 0 heterocycles. The largest absolute Gasteiger partial charge is 0.412 e. The summed E-state index contributed by atoms with van der Waals surface area (Å²) in [7, 11) is 0. The molecule has 0 rings (SSSR count). The van der Waals surface area contributed by atoms with Crippen LogP contribution < -0.4 is 0 Å². The van der Waals surface area contributed by atoms with E-state index in [2.05, 4.69) is 0 Å². The molecule has 0 unspecified atom stereocenters. The van der Waals surface area contributed by atoms with Gasteiger partial charge in [-0.05, 0) is 0 Å². The number of rotatable bonds is 0. The Kier molecular flexibility index (Phi) is 5290. The first-order valence-corrected chi connectivity index (χ1v) is 0.